The van der Waals surface area contributed by atoms with Crippen molar-refractivity contribution < 1.29 is 9.50 Å². The zero-order valence-electron chi connectivity index (χ0n) is 16.0. The summed E-state index contributed by atoms with van der Waals surface area (Å²) in [6.45, 7) is 1.81. The highest BCUT2D eigenvalue weighted by molar-refractivity contribution is 5.63. The van der Waals surface area contributed by atoms with Crippen LogP contribution in [-0.2, 0) is 0 Å². The fraction of sp³-hybridized carbons (Fsp3) is 0.200. The van der Waals surface area contributed by atoms with Gasteiger partial charge in [0.1, 0.15) is 17.3 Å². The van der Waals surface area contributed by atoms with Gasteiger partial charge < -0.3 is 15.4 Å². The molecule has 30 heavy (non-hydrogen) atoms. The summed E-state index contributed by atoms with van der Waals surface area (Å²) >= 11 is 0. The zero-order valence-corrected chi connectivity index (χ0v) is 16.0. The number of anilines is 2. The smallest absolute Gasteiger partial charge is 0.326 e. The van der Waals surface area contributed by atoms with Crippen molar-refractivity contribution in [2.45, 2.75) is 25.8 Å². The minimum Gasteiger partial charge on any atom is -0.493 e. The number of rotatable bonds is 4. The molecule has 0 radical (unpaired) electrons. The highest BCUT2D eigenvalue weighted by Crippen LogP contribution is 2.23. The number of hydrogen-bond acceptors (Lipinski definition) is 6. The van der Waals surface area contributed by atoms with Crippen molar-refractivity contribution in [3.05, 3.63) is 68.7 Å². The van der Waals surface area contributed by atoms with E-state index in [1.165, 1.54) is 12.1 Å². The molecule has 4 aromatic rings. The van der Waals surface area contributed by atoms with E-state index in [-0.39, 0.29) is 23.4 Å². The third-order valence-electron chi connectivity index (χ3n) is 4.83. The minimum atomic E-state index is -0.512. The first-order valence-electron chi connectivity index (χ1n) is 9.45. The van der Waals surface area contributed by atoms with Crippen LogP contribution in [0.4, 0.5) is 15.9 Å². The maximum atomic E-state index is 13.4. The highest BCUT2D eigenvalue weighted by atomic mass is 19.1. The Morgan fingerprint density at radius 1 is 1.33 bits per heavy atom. The number of aromatic nitrogens is 5. The fourth-order valence-corrected chi connectivity index (χ4v) is 3.17. The summed E-state index contributed by atoms with van der Waals surface area (Å²) < 4.78 is 15.1. The second-order valence-electron chi connectivity index (χ2n) is 7.27. The van der Waals surface area contributed by atoms with E-state index in [4.69, 9.17) is 4.99 Å². The molecule has 0 atom stereocenters. The fourth-order valence-electron chi connectivity index (χ4n) is 3.17. The Bertz CT molecular complexity index is 1450. The van der Waals surface area contributed by atoms with E-state index >= 15 is 0 Å². The standard InChI is InChI=1S/C20H18FN7O2/c1-10-6-12(21)2-5-14(10)24-16-8-17(23-13-3-4-13)28-18(26-16)11(9-22-28)7-15-19(29)27-20(30)25-15/h2,5-9,13,24,29H,3-4H2,1H3,(H2,25,27,30). The van der Waals surface area contributed by atoms with Crippen LogP contribution in [0, 0.1) is 12.7 Å². The molecule has 3 heterocycles. The summed E-state index contributed by atoms with van der Waals surface area (Å²) in [5, 5.41) is 18.0. The number of halogens is 1. The van der Waals surface area contributed by atoms with Crippen LogP contribution in [-0.4, -0.2) is 35.7 Å². The van der Waals surface area contributed by atoms with Gasteiger partial charge in [0.05, 0.1) is 12.2 Å². The van der Waals surface area contributed by atoms with Crippen molar-refractivity contribution >= 4 is 23.2 Å². The van der Waals surface area contributed by atoms with Crippen LogP contribution in [0.25, 0.3) is 11.7 Å². The van der Waals surface area contributed by atoms with E-state index in [1.54, 1.807) is 28.9 Å². The van der Waals surface area contributed by atoms with Crippen LogP contribution in [0.2, 0.25) is 0 Å². The van der Waals surface area contributed by atoms with Gasteiger partial charge in [-0.2, -0.15) is 9.61 Å². The quantitative estimate of drug-likeness (QED) is 0.405. The monoisotopic (exact) mass is 407 g/mol. The number of H-pyrrole nitrogens is 2. The molecule has 0 saturated heterocycles. The van der Waals surface area contributed by atoms with Gasteiger partial charge in [-0.1, -0.05) is 0 Å². The number of aromatic amines is 2. The molecule has 1 saturated carbocycles. The number of hydrogen-bond donors (Lipinski definition) is 4. The van der Waals surface area contributed by atoms with Gasteiger partial charge in [0.2, 0.25) is 5.88 Å². The Morgan fingerprint density at radius 2 is 2.17 bits per heavy atom. The maximum Gasteiger partial charge on any atom is 0.326 e. The Balaban J connectivity index is 1.68. The van der Waals surface area contributed by atoms with Gasteiger partial charge in [0, 0.05) is 17.0 Å². The van der Waals surface area contributed by atoms with Crippen molar-refractivity contribution in [1.29, 1.82) is 0 Å². The third kappa shape index (κ3) is 3.43. The molecule has 0 aliphatic heterocycles. The lowest BCUT2D eigenvalue weighted by Gasteiger charge is -2.09. The molecule has 152 valence electrons. The molecule has 0 bridgehead atoms. The lowest BCUT2D eigenvalue weighted by atomic mass is 10.2. The third-order valence-corrected chi connectivity index (χ3v) is 4.83. The van der Waals surface area contributed by atoms with Crippen LogP contribution in [0.3, 0.4) is 0 Å². The number of aromatic hydroxyl groups is 1. The molecule has 1 aliphatic carbocycles. The van der Waals surface area contributed by atoms with Gasteiger partial charge in [0.25, 0.3) is 0 Å². The van der Waals surface area contributed by atoms with Gasteiger partial charge in [-0.05, 0) is 49.6 Å². The minimum absolute atomic E-state index is 0.227. The van der Waals surface area contributed by atoms with Crippen molar-refractivity contribution in [3.8, 4) is 5.88 Å². The lowest BCUT2D eigenvalue weighted by molar-refractivity contribution is 0.454. The van der Waals surface area contributed by atoms with Gasteiger partial charge in [-0.15, -0.1) is 0 Å². The molecular formula is C20H18FN7O2. The van der Waals surface area contributed by atoms with Crippen molar-refractivity contribution in [2.75, 3.05) is 5.32 Å². The maximum absolute atomic E-state index is 13.4. The van der Waals surface area contributed by atoms with Crippen LogP contribution in [0.1, 0.15) is 24.1 Å². The Labute approximate surface area is 168 Å². The molecule has 0 amide bonds. The van der Waals surface area contributed by atoms with E-state index in [2.05, 4.69) is 25.4 Å². The summed E-state index contributed by atoms with van der Waals surface area (Å²) in [4.78, 5) is 25.6. The summed E-state index contributed by atoms with van der Waals surface area (Å²) in [6, 6.07) is 6.53. The van der Waals surface area contributed by atoms with Crippen LogP contribution in [0.15, 0.2) is 40.2 Å². The molecule has 1 fully saturated rings. The molecule has 10 heteroatoms. The van der Waals surface area contributed by atoms with E-state index in [0.717, 1.165) is 24.1 Å². The largest absolute Gasteiger partial charge is 0.493 e. The average molecular weight is 407 g/mol. The molecule has 5 rings (SSSR count). The Kier molecular flexibility index (Phi) is 4.12. The second-order valence-corrected chi connectivity index (χ2v) is 7.27. The molecule has 0 spiro atoms. The predicted molar refractivity (Wildman–Crippen MR) is 108 cm³/mol. The first-order chi connectivity index (χ1) is 14.5. The van der Waals surface area contributed by atoms with Gasteiger partial charge in [-0.3, -0.25) is 9.98 Å². The van der Waals surface area contributed by atoms with E-state index in [9.17, 15) is 14.3 Å². The molecule has 1 aromatic carbocycles. The van der Waals surface area contributed by atoms with Gasteiger partial charge in [-0.25, -0.2) is 14.2 Å². The van der Waals surface area contributed by atoms with E-state index < -0.39 is 5.69 Å². The Morgan fingerprint density at radius 3 is 2.87 bits per heavy atom. The lowest BCUT2D eigenvalue weighted by Crippen LogP contribution is -2.20. The first-order valence-corrected chi connectivity index (χ1v) is 9.45. The zero-order chi connectivity index (χ0) is 20.8. The Hall–Kier alpha value is -3.95. The molecule has 4 N–H and O–H groups in total. The number of nitrogens with zero attached hydrogens (tertiary/aromatic N) is 4. The highest BCUT2D eigenvalue weighted by Gasteiger charge is 2.20. The topological polar surface area (TPSA) is 123 Å². The molecule has 3 aromatic heterocycles. The predicted octanol–water partition coefficient (Wildman–Crippen LogP) is 1.25. The van der Waals surface area contributed by atoms with Gasteiger partial charge >= 0.3 is 5.69 Å². The molecule has 1 aliphatic rings. The number of benzene rings is 1. The second kappa shape index (κ2) is 6.83. The summed E-state index contributed by atoms with van der Waals surface area (Å²) in [6.07, 6.45) is 5.23. The summed E-state index contributed by atoms with van der Waals surface area (Å²) in [5.41, 5.74) is 2.32. The summed E-state index contributed by atoms with van der Waals surface area (Å²) in [5.74, 6) is -0.0455. The van der Waals surface area contributed by atoms with E-state index in [0.29, 0.717) is 22.2 Å². The van der Waals surface area contributed by atoms with E-state index in [1.807, 2.05) is 6.92 Å². The normalized spacial score (nSPS) is 15.3. The van der Waals surface area contributed by atoms with Gasteiger partial charge in [0.15, 0.2) is 11.1 Å². The van der Waals surface area contributed by atoms with Crippen LogP contribution < -0.4 is 21.7 Å². The average Bonchev–Trinajstić information content (AvgIpc) is 3.33. The number of aryl methyl sites for hydroxylation is 1. The van der Waals surface area contributed by atoms with Crippen molar-refractivity contribution in [2.24, 2.45) is 4.99 Å². The summed E-state index contributed by atoms with van der Waals surface area (Å²) in [7, 11) is 0. The van der Waals surface area contributed by atoms with Crippen LogP contribution in [0.5, 0.6) is 5.88 Å². The van der Waals surface area contributed by atoms with Crippen molar-refractivity contribution in [3.63, 3.8) is 0 Å². The van der Waals surface area contributed by atoms with Crippen LogP contribution >= 0.6 is 0 Å². The first kappa shape index (κ1) is 18.1. The molecular weight excluding hydrogens is 389 g/mol. The SMILES string of the molecule is Cc1cc(F)ccc1Nc1cc(=NC2CC2)n2ncc(=Cc3[nH]c(=O)[nH]c3O)c2n1. The number of fused-ring (bicyclic) bond motifs is 1. The number of nitrogens with one attached hydrogen (secondary N) is 3. The molecule has 0 unspecified atom stereocenters. The number of imidazole rings is 1. The van der Waals surface area contributed by atoms with Crippen molar-refractivity contribution in [1.82, 2.24) is 24.6 Å². The molecule has 9 nitrogen and oxygen atoms in total.